The van der Waals surface area contributed by atoms with E-state index in [1.165, 1.54) is 23.4 Å². The Hall–Kier alpha value is -3.80. The number of nitrogens with one attached hydrogen (secondary N) is 2. The van der Waals surface area contributed by atoms with Crippen LogP contribution in [-0.4, -0.2) is 47.4 Å². The number of benzene rings is 1. The van der Waals surface area contributed by atoms with Crippen molar-refractivity contribution in [1.29, 1.82) is 0 Å². The zero-order valence-corrected chi connectivity index (χ0v) is 19.2. The maximum atomic E-state index is 14.4. The van der Waals surface area contributed by atoms with Crippen molar-refractivity contribution >= 4 is 28.8 Å². The predicted molar refractivity (Wildman–Crippen MR) is 121 cm³/mol. The minimum absolute atomic E-state index is 0.119. The Kier molecular flexibility index (Phi) is 7.85. The second kappa shape index (κ2) is 10.6. The van der Waals surface area contributed by atoms with Crippen LogP contribution >= 0.6 is 0 Å². The fraction of sp³-hybridized carbons (Fsp3) is 0.304. The molecule has 3 rings (SSSR count). The van der Waals surface area contributed by atoms with Gasteiger partial charge < -0.3 is 20.3 Å². The van der Waals surface area contributed by atoms with Crippen LogP contribution in [0.2, 0.25) is 0 Å². The predicted octanol–water partition coefficient (Wildman–Crippen LogP) is 4.62. The SMILES string of the molecule is CCOC1=CC(c2ncc(NC(=O)Nc3cc(C(F)(F)F)c(CN(C)C)cc3F)cn2)=CCC1=O. The van der Waals surface area contributed by atoms with E-state index in [1.54, 1.807) is 27.1 Å². The first-order chi connectivity index (χ1) is 16.5. The highest BCUT2D eigenvalue weighted by Crippen LogP contribution is 2.35. The Bertz CT molecular complexity index is 1170. The second-order valence-electron chi connectivity index (χ2n) is 7.83. The van der Waals surface area contributed by atoms with Gasteiger partial charge in [-0.1, -0.05) is 6.08 Å². The number of carbonyl (C=O) groups is 2. The number of carbonyl (C=O) groups excluding carboxylic acids is 2. The molecule has 0 saturated carbocycles. The van der Waals surface area contributed by atoms with Gasteiger partial charge in [-0.2, -0.15) is 13.2 Å². The van der Waals surface area contributed by atoms with Gasteiger partial charge in [0.05, 0.1) is 35.9 Å². The largest absolute Gasteiger partial charge is 0.490 e. The Morgan fingerprint density at radius 3 is 2.46 bits per heavy atom. The van der Waals surface area contributed by atoms with Gasteiger partial charge in [0.2, 0.25) is 5.78 Å². The summed E-state index contributed by atoms with van der Waals surface area (Å²) in [5, 5.41) is 4.43. The Morgan fingerprint density at radius 2 is 1.86 bits per heavy atom. The van der Waals surface area contributed by atoms with Gasteiger partial charge in [-0.15, -0.1) is 0 Å². The van der Waals surface area contributed by atoms with E-state index in [4.69, 9.17) is 4.74 Å². The Balaban J connectivity index is 1.73. The molecule has 1 heterocycles. The van der Waals surface area contributed by atoms with Crippen LogP contribution in [0.25, 0.3) is 5.57 Å². The smallest absolute Gasteiger partial charge is 0.416 e. The zero-order chi connectivity index (χ0) is 25.8. The van der Waals surface area contributed by atoms with Crippen molar-refractivity contribution in [3.05, 3.63) is 65.2 Å². The topological polar surface area (TPSA) is 96.4 Å². The van der Waals surface area contributed by atoms with Crippen LogP contribution in [0, 0.1) is 5.82 Å². The summed E-state index contributed by atoms with van der Waals surface area (Å²) in [6, 6.07) is 0.338. The molecule has 0 unspecified atom stereocenters. The number of hydrogen-bond acceptors (Lipinski definition) is 6. The molecule has 0 atom stereocenters. The summed E-state index contributed by atoms with van der Waals surface area (Å²) in [6.45, 7) is 1.95. The van der Waals surface area contributed by atoms with Crippen molar-refractivity contribution in [3.8, 4) is 0 Å². The molecule has 1 aromatic heterocycles. The molecule has 8 nitrogen and oxygen atoms in total. The summed E-state index contributed by atoms with van der Waals surface area (Å²) in [5.74, 6) is -0.696. The highest BCUT2D eigenvalue weighted by atomic mass is 19.4. The van der Waals surface area contributed by atoms with Crippen molar-refractivity contribution in [2.24, 2.45) is 0 Å². The summed E-state index contributed by atoms with van der Waals surface area (Å²) < 4.78 is 60.1. The number of aromatic nitrogens is 2. The molecule has 0 aliphatic heterocycles. The standard InChI is InChI=1S/C23H23F4N5O3/c1-4-35-20-8-13(5-6-19(20)33)21-28-10-15(11-29-21)30-22(34)31-18-9-16(23(25,26)27)14(7-17(18)24)12-32(2)3/h5,7-11H,4,6,12H2,1-3H3,(H2,30,31,34). The number of nitrogens with zero attached hydrogens (tertiary/aromatic N) is 3. The molecule has 186 valence electrons. The third-order valence-electron chi connectivity index (χ3n) is 4.77. The number of alkyl halides is 3. The van der Waals surface area contributed by atoms with Gasteiger partial charge in [0.1, 0.15) is 5.82 Å². The number of hydrogen-bond donors (Lipinski definition) is 2. The molecular formula is C23H23F4N5O3. The fourth-order valence-electron chi connectivity index (χ4n) is 3.29. The van der Waals surface area contributed by atoms with Crippen LogP contribution in [0.3, 0.4) is 0 Å². The lowest BCUT2D eigenvalue weighted by Crippen LogP contribution is -2.22. The molecule has 1 aromatic carbocycles. The third kappa shape index (κ3) is 6.63. The number of urea groups is 1. The van der Waals surface area contributed by atoms with Crippen LogP contribution in [0.4, 0.5) is 33.7 Å². The summed E-state index contributed by atoms with van der Waals surface area (Å²) in [7, 11) is 3.12. The van der Waals surface area contributed by atoms with Gasteiger partial charge in [0.25, 0.3) is 0 Å². The number of ketones is 1. The number of ether oxygens (including phenoxy) is 1. The van der Waals surface area contributed by atoms with Crippen LogP contribution in [-0.2, 0) is 22.3 Å². The molecular weight excluding hydrogens is 470 g/mol. The highest BCUT2D eigenvalue weighted by molar-refractivity contribution is 6.01. The molecule has 1 aliphatic rings. The minimum atomic E-state index is -4.73. The van der Waals surface area contributed by atoms with Crippen LogP contribution in [0.5, 0.6) is 0 Å². The van der Waals surface area contributed by atoms with E-state index in [1.807, 2.05) is 0 Å². The minimum Gasteiger partial charge on any atom is -0.490 e. The lowest BCUT2D eigenvalue weighted by molar-refractivity contribution is -0.138. The monoisotopic (exact) mass is 493 g/mol. The van der Waals surface area contributed by atoms with Gasteiger partial charge in [-0.25, -0.2) is 19.2 Å². The van der Waals surface area contributed by atoms with Gasteiger partial charge in [0.15, 0.2) is 11.6 Å². The molecule has 0 fully saturated rings. The second-order valence-corrected chi connectivity index (χ2v) is 7.83. The van der Waals surface area contributed by atoms with Crippen LogP contribution in [0.15, 0.2) is 42.4 Å². The molecule has 2 aromatic rings. The number of halogens is 4. The van der Waals surface area contributed by atoms with Gasteiger partial charge in [-0.05, 0) is 44.8 Å². The zero-order valence-electron chi connectivity index (χ0n) is 19.2. The van der Waals surface area contributed by atoms with Crippen molar-refractivity contribution in [2.45, 2.75) is 26.1 Å². The van der Waals surface area contributed by atoms with Crippen molar-refractivity contribution in [2.75, 3.05) is 31.3 Å². The lowest BCUT2D eigenvalue weighted by Gasteiger charge is -2.18. The van der Waals surface area contributed by atoms with Crippen LogP contribution in [0.1, 0.15) is 30.3 Å². The quantitative estimate of drug-likeness (QED) is 0.547. The average molecular weight is 493 g/mol. The maximum absolute atomic E-state index is 14.4. The van der Waals surface area contributed by atoms with E-state index >= 15 is 0 Å². The number of amides is 2. The fourth-order valence-corrected chi connectivity index (χ4v) is 3.29. The van der Waals surface area contributed by atoms with E-state index in [0.29, 0.717) is 18.2 Å². The molecule has 0 radical (unpaired) electrons. The van der Waals surface area contributed by atoms with Crippen molar-refractivity contribution in [1.82, 2.24) is 14.9 Å². The van der Waals surface area contributed by atoms with Crippen molar-refractivity contribution < 1.29 is 31.9 Å². The molecule has 0 bridgehead atoms. The average Bonchev–Trinajstić information content (AvgIpc) is 2.76. The van der Waals surface area contributed by atoms with Gasteiger partial charge in [-0.3, -0.25) is 4.79 Å². The number of anilines is 2. The first kappa shape index (κ1) is 25.8. The van der Waals surface area contributed by atoms with E-state index in [0.717, 1.165) is 6.07 Å². The van der Waals surface area contributed by atoms with Crippen LogP contribution < -0.4 is 10.6 Å². The third-order valence-corrected chi connectivity index (χ3v) is 4.77. The number of rotatable bonds is 7. The summed E-state index contributed by atoms with van der Waals surface area (Å²) in [5.41, 5.74) is -1.25. The summed E-state index contributed by atoms with van der Waals surface area (Å²) in [4.78, 5) is 33.8. The highest BCUT2D eigenvalue weighted by Gasteiger charge is 2.34. The van der Waals surface area contributed by atoms with Gasteiger partial charge >= 0.3 is 12.2 Å². The Labute approximate surface area is 198 Å². The first-order valence-corrected chi connectivity index (χ1v) is 10.5. The summed E-state index contributed by atoms with van der Waals surface area (Å²) >= 11 is 0. The van der Waals surface area contributed by atoms with E-state index < -0.39 is 29.3 Å². The van der Waals surface area contributed by atoms with Crippen molar-refractivity contribution in [3.63, 3.8) is 0 Å². The molecule has 2 amide bonds. The molecule has 0 spiro atoms. The number of Topliss-reactive ketones (excluding diaryl/α,β-unsaturated/α-hetero) is 1. The molecule has 1 aliphatic carbocycles. The van der Waals surface area contributed by atoms with E-state index in [9.17, 15) is 27.2 Å². The Morgan fingerprint density at radius 1 is 1.17 bits per heavy atom. The van der Waals surface area contributed by atoms with E-state index in [-0.39, 0.29) is 41.6 Å². The summed E-state index contributed by atoms with van der Waals surface area (Å²) in [6.07, 6.45) is 1.10. The van der Waals surface area contributed by atoms with Gasteiger partial charge in [0, 0.05) is 18.5 Å². The lowest BCUT2D eigenvalue weighted by atomic mass is 10.0. The van der Waals surface area contributed by atoms with E-state index in [2.05, 4.69) is 20.6 Å². The molecule has 12 heteroatoms. The molecule has 0 saturated heterocycles. The molecule has 35 heavy (non-hydrogen) atoms. The molecule has 2 N–H and O–H groups in total. The normalized spacial score (nSPS) is 13.9. The number of allylic oxidation sites excluding steroid dienone is 4. The maximum Gasteiger partial charge on any atom is 0.416 e. The first-order valence-electron chi connectivity index (χ1n) is 10.5.